The van der Waals surface area contributed by atoms with Crippen molar-refractivity contribution in [1.82, 2.24) is 0 Å². The van der Waals surface area contributed by atoms with Gasteiger partial charge in [-0.05, 0) is 78.1 Å². The van der Waals surface area contributed by atoms with E-state index in [1.165, 1.54) is 5.56 Å². The first-order valence-corrected chi connectivity index (χ1v) is 15.9. The van der Waals surface area contributed by atoms with E-state index in [0.717, 1.165) is 46.2 Å². The van der Waals surface area contributed by atoms with Gasteiger partial charge >= 0.3 is 0 Å². The molecule has 0 saturated heterocycles. The fourth-order valence-electron chi connectivity index (χ4n) is 6.60. The molecule has 0 amide bonds. The molecule has 0 fully saturated rings. The zero-order chi connectivity index (χ0) is 32.2. The Labute approximate surface area is 274 Å². The SMILES string of the molecule is C.CC.Cc1cc2c([O-])c(c1)Cc1cc(C)cc(c1O)Cc1cc(CCc3ccccc3)cc(c1O)Cc1cc(C)cc(c1O)C2. The van der Waals surface area contributed by atoms with Crippen LogP contribution in [0.15, 0.2) is 78.9 Å². The Hall–Kier alpha value is -4.70. The summed E-state index contributed by atoms with van der Waals surface area (Å²) >= 11 is 0. The van der Waals surface area contributed by atoms with Crippen LogP contribution in [0, 0.1) is 20.8 Å². The molecule has 240 valence electrons. The summed E-state index contributed by atoms with van der Waals surface area (Å²) in [4.78, 5) is 0. The smallest absolute Gasteiger partial charge is 0.122 e. The van der Waals surface area contributed by atoms with E-state index in [1.807, 2.05) is 101 Å². The highest BCUT2D eigenvalue weighted by atomic mass is 16.3. The lowest BCUT2D eigenvalue weighted by atomic mass is 9.88. The second-order valence-corrected chi connectivity index (χ2v) is 12.2. The first kappa shape index (κ1) is 34.2. The van der Waals surface area contributed by atoms with Gasteiger partial charge in [0.1, 0.15) is 17.2 Å². The van der Waals surface area contributed by atoms with Gasteiger partial charge in [-0.15, -0.1) is 5.75 Å². The Morgan fingerprint density at radius 2 is 0.783 bits per heavy atom. The van der Waals surface area contributed by atoms with Crippen molar-refractivity contribution in [1.29, 1.82) is 0 Å². The van der Waals surface area contributed by atoms with Crippen molar-refractivity contribution in [3.05, 3.63) is 151 Å². The van der Waals surface area contributed by atoms with Gasteiger partial charge in [0.05, 0.1) is 0 Å². The molecule has 1 aliphatic rings. The second-order valence-electron chi connectivity index (χ2n) is 12.2. The summed E-state index contributed by atoms with van der Waals surface area (Å²) in [5.41, 5.74) is 10.8. The molecule has 0 radical (unpaired) electrons. The fraction of sp³-hybridized carbons (Fsp3) is 0.286. The average molecular weight is 616 g/mol. The summed E-state index contributed by atoms with van der Waals surface area (Å²) in [6, 6.07) is 26.0. The topological polar surface area (TPSA) is 83.8 Å². The minimum absolute atomic E-state index is 0. The normalized spacial score (nSPS) is 12.0. The molecule has 0 aliphatic heterocycles. The summed E-state index contributed by atoms with van der Waals surface area (Å²) in [7, 11) is 0. The van der Waals surface area contributed by atoms with E-state index < -0.39 is 0 Å². The van der Waals surface area contributed by atoms with Crippen LogP contribution in [-0.2, 0) is 38.5 Å². The minimum atomic E-state index is -0.0615. The summed E-state index contributed by atoms with van der Waals surface area (Å²) < 4.78 is 0. The van der Waals surface area contributed by atoms with Crippen LogP contribution in [0.25, 0.3) is 0 Å². The number of phenolic OH excluding ortho intramolecular Hbond substituents is 3. The van der Waals surface area contributed by atoms with Crippen LogP contribution in [0.1, 0.15) is 93.6 Å². The molecule has 8 bridgehead atoms. The summed E-state index contributed by atoms with van der Waals surface area (Å²) in [5.74, 6) is 0.445. The van der Waals surface area contributed by atoms with Gasteiger partial charge in [-0.2, -0.15) is 0 Å². The van der Waals surface area contributed by atoms with E-state index in [4.69, 9.17) is 0 Å². The van der Waals surface area contributed by atoms with Crippen molar-refractivity contribution in [2.75, 3.05) is 0 Å². The van der Waals surface area contributed by atoms with Gasteiger partial charge in [0.25, 0.3) is 0 Å². The van der Waals surface area contributed by atoms with Crippen LogP contribution < -0.4 is 5.11 Å². The maximum Gasteiger partial charge on any atom is 0.122 e. The zero-order valence-electron chi connectivity index (χ0n) is 27.0. The molecule has 6 rings (SSSR count). The van der Waals surface area contributed by atoms with Gasteiger partial charge < -0.3 is 20.4 Å². The molecule has 4 nitrogen and oxygen atoms in total. The number of phenols is 3. The second kappa shape index (κ2) is 14.6. The van der Waals surface area contributed by atoms with E-state index in [0.29, 0.717) is 59.1 Å². The van der Waals surface area contributed by atoms with Crippen LogP contribution in [-0.4, -0.2) is 15.3 Å². The highest BCUT2D eigenvalue weighted by Gasteiger charge is 2.19. The maximum atomic E-state index is 13.7. The molecule has 0 atom stereocenters. The lowest BCUT2D eigenvalue weighted by Gasteiger charge is -2.23. The van der Waals surface area contributed by atoms with Gasteiger partial charge in [-0.1, -0.05) is 128 Å². The number of aryl methyl sites for hydroxylation is 5. The number of rotatable bonds is 3. The zero-order valence-corrected chi connectivity index (χ0v) is 27.0. The van der Waals surface area contributed by atoms with Gasteiger partial charge in [0.15, 0.2) is 0 Å². The molecule has 1 aliphatic carbocycles. The van der Waals surface area contributed by atoms with Crippen molar-refractivity contribution in [2.24, 2.45) is 0 Å². The van der Waals surface area contributed by atoms with Crippen molar-refractivity contribution < 1.29 is 20.4 Å². The van der Waals surface area contributed by atoms with Crippen molar-refractivity contribution in [2.45, 2.75) is 80.6 Å². The summed E-state index contributed by atoms with van der Waals surface area (Å²) in [6.45, 7) is 9.95. The quantitative estimate of drug-likeness (QED) is 0.186. The molecule has 4 heteroatoms. The molecule has 5 aromatic rings. The largest absolute Gasteiger partial charge is 0.872 e. The third kappa shape index (κ3) is 7.39. The number of hydrogen-bond acceptors (Lipinski definition) is 4. The Balaban J connectivity index is 0.00000157. The average Bonchev–Trinajstić information content (AvgIpc) is 3.02. The highest BCUT2D eigenvalue weighted by molar-refractivity contribution is 5.57. The third-order valence-electron chi connectivity index (χ3n) is 8.61. The van der Waals surface area contributed by atoms with Crippen LogP contribution in [0.5, 0.6) is 23.0 Å². The molecule has 5 aromatic carbocycles. The summed E-state index contributed by atoms with van der Waals surface area (Å²) in [6.07, 6.45) is 2.93. The molecule has 46 heavy (non-hydrogen) atoms. The van der Waals surface area contributed by atoms with Crippen LogP contribution in [0.2, 0.25) is 0 Å². The maximum absolute atomic E-state index is 13.7. The highest BCUT2D eigenvalue weighted by Crippen LogP contribution is 2.38. The van der Waals surface area contributed by atoms with Crippen molar-refractivity contribution in [3.63, 3.8) is 0 Å². The third-order valence-corrected chi connectivity index (χ3v) is 8.61. The predicted molar refractivity (Wildman–Crippen MR) is 188 cm³/mol. The molecule has 0 aromatic heterocycles. The van der Waals surface area contributed by atoms with Gasteiger partial charge in [0.2, 0.25) is 0 Å². The molecular formula is C42H47O4-. The first-order chi connectivity index (χ1) is 21.6. The van der Waals surface area contributed by atoms with Crippen LogP contribution in [0.3, 0.4) is 0 Å². The van der Waals surface area contributed by atoms with E-state index >= 15 is 0 Å². The number of benzene rings is 5. The standard InChI is InChI=1S/C39H38O4.C2H6.CH4/c1-23-11-28-19-30-13-24(2)15-32(37(30)41)21-34-17-27(10-9-26-7-5-4-6-8-26)18-35(39(34)43)22-33-16-25(3)14-31(38(33)42)20-29(12-23)36(28)40;1-2;/h4-8,11-18,40-43H,9-10,19-22H2,1-3H3;1-2H3;1H4/p-1. The lowest BCUT2D eigenvalue weighted by molar-refractivity contribution is -0.270. The Morgan fingerprint density at radius 1 is 0.478 bits per heavy atom. The Bertz CT molecular complexity index is 1730. The Morgan fingerprint density at radius 3 is 1.17 bits per heavy atom. The van der Waals surface area contributed by atoms with E-state index in [-0.39, 0.29) is 30.4 Å². The molecule has 3 N–H and O–H groups in total. The first-order valence-electron chi connectivity index (χ1n) is 15.9. The molecule has 0 spiro atoms. The van der Waals surface area contributed by atoms with Gasteiger partial charge in [-0.3, -0.25) is 0 Å². The number of hydrogen-bond donors (Lipinski definition) is 3. The molecule has 0 heterocycles. The fourth-order valence-corrected chi connectivity index (χ4v) is 6.60. The monoisotopic (exact) mass is 615 g/mol. The minimum Gasteiger partial charge on any atom is -0.872 e. The van der Waals surface area contributed by atoms with E-state index in [2.05, 4.69) is 12.1 Å². The predicted octanol–water partition coefficient (Wildman–Crippen LogP) is 8.93. The van der Waals surface area contributed by atoms with E-state index in [9.17, 15) is 20.4 Å². The lowest BCUT2D eigenvalue weighted by Crippen LogP contribution is -2.07. The van der Waals surface area contributed by atoms with E-state index in [1.54, 1.807) is 0 Å². The van der Waals surface area contributed by atoms with Gasteiger partial charge in [-0.25, -0.2) is 0 Å². The van der Waals surface area contributed by atoms with Crippen LogP contribution >= 0.6 is 0 Å². The number of fused-ring (bicyclic) bond motifs is 8. The van der Waals surface area contributed by atoms with Crippen LogP contribution in [0.4, 0.5) is 0 Å². The van der Waals surface area contributed by atoms with Crippen molar-refractivity contribution >= 4 is 0 Å². The molecular weight excluding hydrogens is 568 g/mol. The molecule has 0 unspecified atom stereocenters. The Kier molecular flexibility index (Phi) is 10.8. The number of aromatic hydroxyl groups is 3. The van der Waals surface area contributed by atoms with Gasteiger partial charge in [0, 0.05) is 25.7 Å². The summed E-state index contributed by atoms with van der Waals surface area (Å²) in [5, 5.41) is 48.2. The molecule has 0 saturated carbocycles. The van der Waals surface area contributed by atoms with Crippen molar-refractivity contribution in [3.8, 4) is 23.0 Å².